The van der Waals surface area contributed by atoms with Gasteiger partial charge in [-0.15, -0.1) is 0 Å². The van der Waals surface area contributed by atoms with Gasteiger partial charge in [-0.25, -0.2) is 0 Å². The molecule has 0 spiro atoms. The number of benzene rings is 5. The first kappa shape index (κ1) is 28.8. The Bertz CT molecular complexity index is 1730. The molecule has 5 aromatic carbocycles. The molecule has 4 nitrogen and oxygen atoms in total. The zero-order valence-corrected chi connectivity index (χ0v) is 25.8. The summed E-state index contributed by atoms with van der Waals surface area (Å²) in [6.45, 7) is 0. The molecule has 0 saturated heterocycles. The molecule has 1 aromatic heterocycles. The van der Waals surface area contributed by atoms with E-state index in [0.29, 0.717) is 12.0 Å². The maximum atomic E-state index is 14.2. The summed E-state index contributed by atoms with van der Waals surface area (Å²) in [7, 11) is 1.80. The van der Waals surface area contributed by atoms with Crippen LogP contribution < -0.4 is 15.9 Å². The summed E-state index contributed by atoms with van der Waals surface area (Å²) in [6.07, 6.45) is 0.460. The van der Waals surface area contributed by atoms with Crippen LogP contribution in [0.2, 0.25) is 0 Å². The Morgan fingerprint density at radius 2 is 1.02 bits per heavy atom. The van der Waals surface area contributed by atoms with Crippen LogP contribution in [0.1, 0.15) is 17.0 Å². The monoisotopic (exact) mass is 652 g/mol. The topological polar surface area (TPSA) is 43.6 Å². The fourth-order valence-corrected chi connectivity index (χ4v) is 13.3. The van der Waals surface area contributed by atoms with Crippen LogP contribution in [-0.4, -0.2) is 26.4 Å². The Morgan fingerprint density at radius 3 is 1.37 bits per heavy atom. The van der Waals surface area contributed by atoms with E-state index in [2.05, 4.69) is 104 Å². The van der Waals surface area contributed by atoms with E-state index in [9.17, 15) is 8.78 Å². The summed E-state index contributed by atoms with van der Waals surface area (Å²) >= 11 is 4.56. The number of halogens is 3. The first-order chi connectivity index (χ1) is 20.9. The third-order valence-corrected chi connectivity index (χ3v) is 17.3. The van der Waals surface area contributed by atoms with Crippen LogP contribution >= 0.6 is 20.8 Å². The van der Waals surface area contributed by atoms with E-state index in [1.54, 1.807) is 36.0 Å². The van der Waals surface area contributed by atoms with Gasteiger partial charge in [0.2, 0.25) is 0 Å². The van der Waals surface area contributed by atoms with Crippen molar-refractivity contribution in [1.29, 1.82) is 0 Å². The summed E-state index contributed by atoms with van der Waals surface area (Å²) in [5, 5.41) is 12.6. The fraction of sp³-hybridized carbons (Fsp3) is 0.0571. The molecule has 0 atom stereocenters. The first-order valence-corrected chi connectivity index (χ1v) is 18.2. The van der Waals surface area contributed by atoms with Gasteiger partial charge >= 0.3 is 258 Å². The number of allylic oxidation sites excluding steroid dienone is 1. The van der Waals surface area contributed by atoms with Crippen molar-refractivity contribution < 1.29 is 8.78 Å². The van der Waals surface area contributed by atoms with Crippen LogP contribution in [0.3, 0.4) is 0 Å². The SMILES string of the molecule is Cn1nnnc1C(CP(Br)(c1ccccc1)(c1ccccc1)c1ccccc1)=C(c1ccc(F)cc1)c1ccc(F)cc1. The van der Waals surface area contributed by atoms with Crippen LogP contribution in [0.4, 0.5) is 8.78 Å². The number of rotatable bonds is 8. The molecule has 6 rings (SSSR count). The van der Waals surface area contributed by atoms with Crippen molar-refractivity contribution >= 4 is 47.9 Å². The quantitative estimate of drug-likeness (QED) is 0.162. The molecule has 0 aliphatic heterocycles. The molecule has 0 aliphatic carbocycles. The van der Waals surface area contributed by atoms with Gasteiger partial charge in [-0.2, -0.15) is 0 Å². The Kier molecular flexibility index (Phi) is 7.87. The summed E-state index contributed by atoms with van der Waals surface area (Å²) in [4.78, 5) is 0. The van der Waals surface area contributed by atoms with E-state index in [1.165, 1.54) is 24.3 Å². The van der Waals surface area contributed by atoms with Crippen molar-refractivity contribution in [2.24, 2.45) is 7.05 Å². The minimum atomic E-state index is -3.55. The molecule has 0 bridgehead atoms. The van der Waals surface area contributed by atoms with E-state index < -0.39 is 5.31 Å². The van der Waals surface area contributed by atoms with Crippen LogP contribution in [-0.2, 0) is 7.05 Å². The number of aromatic nitrogens is 4. The van der Waals surface area contributed by atoms with E-state index in [1.807, 2.05) is 18.2 Å². The molecule has 0 unspecified atom stereocenters. The van der Waals surface area contributed by atoms with Gasteiger partial charge in [0.1, 0.15) is 0 Å². The second-order valence-electron chi connectivity index (χ2n) is 10.3. The summed E-state index contributed by atoms with van der Waals surface area (Å²) in [6, 6.07) is 44.0. The molecule has 1 heterocycles. The molecule has 214 valence electrons. The van der Waals surface area contributed by atoms with Crippen molar-refractivity contribution in [3.63, 3.8) is 0 Å². The van der Waals surface area contributed by atoms with E-state index in [-0.39, 0.29) is 11.6 Å². The average Bonchev–Trinajstić information content (AvgIpc) is 3.49. The third-order valence-electron chi connectivity index (χ3n) is 7.80. The van der Waals surface area contributed by atoms with Gasteiger partial charge in [0.15, 0.2) is 0 Å². The molecule has 6 aromatic rings. The Labute approximate surface area is 257 Å². The number of aryl methyl sites for hydroxylation is 1. The molecule has 0 aliphatic rings. The van der Waals surface area contributed by atoms with E-state index in [4.69, 9.17) is 0 Å². The van der Waals surface area contributed by atoms with Gasteiger partial charge in [-0.05, 0) is 0 Å². The van der Waals surface area contributed by atoms with Crippen LogP contribution in [0.25, 0.3) is 11.1 Å². The predicted molar refractivity (Wildman–Crippen MR) is 176 cm³/mol. The average molecular weight is 654 g/mol. The first-order valence-electron chi connectivity index (χ1n) is 13.8. The minimum absolute atomic E-state index is 0.345. The van der Waals surface area contributed by atoms with E-state index >= 15 is 0 Å². The van der Waals surface area contributed by atoms with Crippen LogP contribution in [0, 0.1) is 11.6 Å². The van der Waals surface area contributed by atoms with Crippen molar-refractivity contribution in [3.8, 4) is 0 Å². The molecular formula is C35H28BrF2N4P. The summed E-state index contributed by atoms with van der Waals surface area (Å²) in [5.74, 6) is -0.135. The van der Waals surface area contributed by atoms with Crippen molar-refractivity contribution in [2.75, 3.05) is 6.16 Å². The molecule has 0 amide bonds. The number of hydrogen-bond donors (Lipinski definition) is 0. The summed E-state index contributed by atoms with van der Waals surface area (Å²) < 4.78 is 30.1. The molecule has 0 N–H and O–H groups in total. The molecule has 43 heavy (non-hydrogen) atoms. The fourth-order valence-electron chi connectivity index (χ4n) is 5.73. The summed E-state index contributed by atoms with van der Waals surface area (Å²) in [5.41, 5.74) is 3.14. The zero-order chi connectivity index (χ0) is 29.9. The van der Waals surface area contributed by atoms with Gasteiger partial charge in [0.05, 0.1) is 0 Å². The number of nitrogens with zero attached hydrogens (tertiary/aromatic N) is 4. The molecule has 0 radical (unpaired) electrons. The van der Waals surface area contributed by atoms with Crippen LogP contribution in [0.15, 0.2) is 140 Å². The van der Waals surface area contributed by atoms with Gasteiger partial charge in [-0.1, -0.05) is 0 Å². The zero-order valence-electron chi connectivity index (χ0n) is 23.4. The third kappa shape index (κ3) is 5.24. The van der Waals surface area contributed by atoms with Gasteiger partial charge in [0.25, 0.3) is 0 Å². The van der Waals surface area contributed by atoms with Crippen LogP contribution in [0.5, 0.6) is 0 Å². The maximum absolute atomic E-state index is 14.2. The molecule has 0 fully saturated rings. The van der Waals surface area contributed by atoms with Crippen molar-refractivity contribution in [3.05, 3.63) is 168 Å². The Hall–Kier alpha value is -4.32. The molecule has 8 heteroatoms. The van der Waals surface area contributed by atoms with Gasteiger partial charge in [0, 0.05) is 0 Å². The predicted octanol–water partition coefficient (Wildman–Crippen LogP) is 7.29. The van der Waals surface area contributed by atoms with Crippen molar-refractivity contribution in [2.45, 2.75) is 0 Å². The standard InChI is InChI=1S/C35H28BrF2N4P/c1-42-35(39-40-41-42)33(34(26-17-21-28(37)22-18-26)27-19-23-29(38)24-20-27)25-43(36,30-11-5-2-6-12-30,31-13-7-3-8-14-31)32-15-9-4-10-16-32/h2-24H,25H2,1H3. The number of tetrazole rings is 1. The molecular weight excluding hydrogens is 625 g/mol. The Morgan fingerprint density at radius 1 is 0.628 bits per heavy atom. The number of hydrogen-bond acceptors (Lipinski definition) is 3. The normalized spacial score (nSPS) is 12.3. The Balaban J connectivity index is 1.79. The van der Waals surface area contributed by atoms with Gasteiger partial charge in [-0.3, -0.25) is 0 Å². The van der Waals surface area contributed by atoms with Crippen molar-refractivity contribution in [1.82, 2.24) is 20.2 Å². The second-order valence-corrected chi connectivity index (χ2v) is 19.3. The second kappa shape index (κ2) is 11.8. The van der Waals surface area contributed by atoms with E-state index in [0.717, 1.165) is 38.2 Å². The molecule has 0 saturated carbocycles. The van der Waals surface area contributed by atoms with Gasteiger partial charge < -0.3 is 0 Å².